The van der Waals surface area contributed by atoms with Gasteiger partial charge in [-0.3, -0.25) is 13.9 Å². The number of sulfonamides is 1. The van der Waals surface area contributed by atoms with Gasteiger partial charge in [0.1, 0.15) is 12.6 Å². The van der Waals surface area contributed by atoms with Gasteiger partial charge in [0.15, 0.2) is 0 Å². The van der Waals surface area contributed by atoms with E-state index in [1.54, 1.807) is 25.1 Å². The third-order valence-corrected chi connectivity index (χ3v) is 8.58. The van der Waals surface area contributed by atoms with Gasteiger partial charge in [0.05, 0.1) is 20.6 Å². The number of nitrogens with zero attached hydrogens (tertiary/aromatic N) is 2. The van der Waals surface area contributed by atoms with Crippen LogP contribution < -0.4 is 9.62 Å². The van der Waals surface area contributed by atoms with Crippen molar-refractivity contribution in [1.29, 1.82) is 0 Å². The number of carbonyl (C=O) groups excluding carboxylic acids is 2. The van der Waals surface area contributed by atoms with Crippen LogP contribution >= 0.6 is 23.2 Å². The highest BCUT2D eigenvalue weighted by atomic mass is 35.5. The van der Waals surface area contributed by atoms with Crippen LogP contribution in [0.4, 0.5) is 5.69 Å². The monoisotopic (exact) mass is 575 g/mol. The molecular formula is C28H31Cl2N3O4S. The minimum Gasteiger partial charge on any atom is -0.354 e. The van der Waals surface area contributed by atoms with Crippen LogP contribution in [-0.2, 0) is 26.2 Å². The number of halogens is 2. The molecule has 0 aromatic heterocycles. The molecule has 10 heteroatoms. The minimum atomic E-state index is -4.23. The summed E-state index contributed by atoms with van der Waals surface area (Å²) < 4.78 is 28.6. The molecule has 0 spiro atoms. The molecule has 3 aromatic rings. The van der Waals surface area contributed by atoms with E-state index in [-0.39, 0.29) is 33.1 Å². The zero-order chi connectivity index (χ0) is 27.9. The predicted octanol–water partition coefficient (Wildman–Crippen LogP) is 5.44. The van der Waals surface area contributed by atoms with Crippen molar-refractivity contribution in [3.8, 4) is 0 Å². The normalized spacial score (nSPS) is 12.0. The molecule has 0 aliphatic rings. The Kier molecular flexibility index (Phi) is 10.2. The first-order valence-electron chi connectivity index (χ1n) is 12.2. The molecule has 1 atom stereocenters. The van der Waals surface area contributed by atoms with Gasteiger partial charge in [-0.1, -0.05) is 84.2 Å². The number of aryl methyl sites for hydroxylation is 1. The quantitative estimate of drug-likeness (QED) is 0.330. The number of carbonyl (C=O) groups is 2. The van der Waals surface area contributed by atoms with Crippen molar-refractivity contribution < 1.29 is 18.0 Å². The highest BCUT2D eigenvalue weighted by Crippen LogP contribution is 2.35. The lowest BCUT2D eigenvalue weighted by Gasteiger charge is -2.32. The molecule has 2 amide bonds. The average molecular weight is 577 g/mol. The van der Waals surface area contributed by atoms with Gasteiger partial charge >= 0.3 is 0 Å². The van der Waals surface area contributed by atoms with Crippen molar-refractivity contribution >= 4 is 50.7 Å². The lowest BCUT2D eigenvalue weighted by atomic mass is 10.1. The molecule has 0 aliphatic heterocycles. The molecule has 0 aliphatic carbocycles. The first kappa shape index (κ1) is 29.5. The molecule has 0 saturated heterocycles. The molecular weight excluding hydrogens is 545 g/mol. The van der Waals surface area contributed by atoms with Crippen LogP contribution in [0.2, 0.25) is 10.0 Å². The number of nitrogens with one attached hydrogen (secondary N) is 1. The van der Waals surface area contributed by atoms with Crippen LogP contribution in [0.15, 0.2) is 77.7 Å². The van der Waals surface area contributed by atoms with Gasteiger partial charge in [-0.05, 0) is 50.1 Å². The Morgan fingerprint density at radius 1 is 0.947 bits per heavy atom. The van der Waals surface area contributed by atoms with Gasteiger partial charge in [-0.25, -0.2) is 8.42 Å². The summed E-state index contributed by atoms with van der Waals surface area (Å²) in [4.78, 5) is 28.1. The van der Waals surface area contributed by atoms with E-state index in [0.717, 1.165) is 21.9 Å². The van der Waals surface area contributed by atoms with Crippen molar-refractivity contribution in [3.63, 3.8) is 0 Å². The van der Waals surface area contributed by atoms with Crippen molar-refractivity contribution in [3.05, 3.63) is 94.0 Å². The van der Waals surface area contributed by atoms with Crippen molar-refractivity contribution in [1.82, 2.24) is 10.2 Å². The summed E-state index contributed by atoms with van der Waals surface area (Å²) in [5, 5.41) is 2.96. The Labute approximate surface area is 234 Å². The van der Waals surface area contributed by atoms with Crippen LogP contribution in [0.5, 0.6) is 0 Å². The number of amides is 2. The zero-order valence-electron chi connectivity index (χ0n) is 21.5. The lowest BCUT2D eigenvalue weighted by molar-refractivity contribution is -0.139. The Hall–Kier alpha value is -3.07. The summed E-state index contributed by atoms with van der Waals surface area (Å²) in [6.07, 6.45) is 0.737. The number of hydrogen-bond acceptors (Lipinski definition) is 4. The SMILES string of the molecule is CCCNC(=O)[C@H](C)N(Cc1ccccc1)C(=O)CN(c1cccc(Cl)c1Cl)S(=O)(=O)c1ccc(C)cc1. The van der Waals surface area contributed by atoms with E-state index in [4.69, 9.17) is 23.2 Å². The Morgan fingerprint density at radius 2 is 1.61 bits per heavy atom. The summed E-state index contributed by atoms with van der Waals surface area (Å²) in [7, 11) is -4.23. The van der Waals surface area contributed by atoms with Crippen LogP contribution in [0.1, 0.15) is 31.4 Å². The smallest absolute Gasteiger partial charge is 0.264 e. The van der Waals surface area contributed by atoms with Gasteiger partial charge < -0.3 is 10.2 Å². The molecule has 0 radical (unpaired) electrons. The second-order valence-electron chi connectivity index (χ2n) is 8.87. The van der Waals surface area contributed by atoms with Crippen molar-refractivity contribution in [2.45, 2.75) is 44.7 Å². The van der Waals surface area contributed by atoms with E-state index in [1.807, 2.05) is 44.2 Å². The maximum Gasteiger partial charge on any atom is 0.264 e. The molecule has 0 fully saturated rings. The number of benzene rings is 3. The fourth-order valence-corrected chi connectivity index (χ4v) is 5.67. The van der Waals surface area contributed by atoms with Crippen LogP contribution in [0.25, 0.3) is 0 Å². The Bertz CT molecular complexity index is 1370. The van der Waals surface area contributed by atoms with Crippen LogP contribution in [0.3, 0.4) is 0 Å². The van der Waals surface area contributed by atoms with Crippen LogP contribution in [0, 0.1) is 6.92 Å². The largest absolute Gasteiger partial charge is 0.354 e. The summed E-state index contributed by atoms with van der Waals surface area (Å²) in [6, 6.07) is 19.2. The summed E-state index contributed by atoms with van der Waals surface area (Å²) >= 11 is 12.7. The molecule has 202 valence electrons. The third-order valence-electron chi connectivity index (χ3n) is 6.00. The first-order chi connectivity index (χ1) is 18.1. The fourth-order valence-electron chi connectivity index (χ4n) is 3.79. The molecule has 0 bridgehead atoms. The molecule has 3 aromatic carbocycles. The molecule has 0 heterocycles. The van der Waals surface area contributed by atoms with Gasteiger partial charge in [0.2, 0.25) is 11.8 Å². The van der Waals surface area contributed by atoms with E-state index >= 15 is 0 Å². The molecule has 0 saturated carbocycles. The van der Waals surface area contributed by atoms with Crippen LogP contribution in [-0.4, -0.2) is 44.3 Å². The molecule has 1 N–H and O–H groups in total. The standard InChI is InChI=1S/C28H31Cl2N3O4S/c1-4-17-31-28(35)21(3)32(18-22-9-6-5-7-10-22)26(34)19-33(25-12-8-11-24(29)27(25)30)38(36,37)23-15-13-20(2)14-16-23/h5-16,21H,4,17-19H2,1-3H3,(H,31,35)/t21-/m0/s1. The second-order valence-corrected chi connectivity index (χ2v) is 11.5. The van der Waals surface area contributed by atoms with Gasteiger partial charge in [-0.2, -0.15) is 0 Å². The molecule has 0 unspecified atom stereocenters. The first-order valence-corrected chi connectivity index (χ1v) is 14.4. The highest BCUT2D eigenvalue weighted by molar-refractivity contribution is 7.92. The lowest BCUT2D eigenvalue weighted by Crippen LogP contribution is -2.51. The summed E-state index contributed by atoms with van der Waals surface area (Å²) in [5.74, 6) is -0.899. The van der Waals surface area contributed by atoms with E-state index in [2.05, 4.69) is 5.32 Å². The predicted molar refractivity (Wildman–Crippen MR) is 152 cm³/mol. The van der Waals surface area contributed by atoms with Gasteiger partial charge in [0.25, 0.3) is 10.0 Å². The Morgan fingerprint density at radius 3 is 2.24 bits per heavy atom. The van der Waals surface area contributed by atoms with E-state index < -0.39 is 28.5 Å². The second kappa shape index (κ2) is 13.1. The van der Waals surface area contributed by atoms with Gasteiger partial charge in [-0.15, -0.1) is 0 Å². The summed E-state index contributed by atoms with van der Waals surface area (Å²) in [5.41, 5.74) is 1.74. The number of hydrogen-bond donors (Lipinski definition) is 1. The average Bonchev–Trinajstić information content (AvgIpc) is 2.91. The minimum absolute atomic E-state index is 0.000926. The number of anilines is 1. The third kappa shape index (κ3) is 7.07. The van der Waals surface area contributed by atoms with E-state index in [1.165, 1.54) is 29.2 Å². The number of rotatable bonds is 11. The maximum atomic E-state index is 13.8. The Balaban J connectivity index is 2.05. The van der Waals surface area contributed by atoms with Gasteiger partial charge in [0, 0.05) is 13.1 Å². The molecule has 3 rings (SSSR count). The topological polar surface area (TPSA) is 86.8 Å². The molecule has 7 nitrogen and oxygen atoms in total. The maximum absolute atomic E-state index is 13.8. The zero-order valence-corrected chi connectivity index (χ0v) is 23.9. The van der Waals surface area contributed by atoms with E-state index in [0.29, 0.717) is 6.54 Å². The van der Waals surface area contributed by atoms with Crippen molar-refractivity contribution in [2.24, 2.45) is 0 Å². The summed E-state index contributed by atoms with van der Waals surface area (Å²) in [6.45, 7) is 5.38. The fraction of sp³-hybridized carbons (Fsp3) is 0.286. The highest BCUT2D eigenvalue weighted by Gasteiger charge is 2.33. The van der Waals surface area contributed by atoms with E-state index in [9.17, 15) is 18.0 Å². The van der Waals surface area contributed by atoms with Crippen molar-refractivity contribution in [2.75, 3.05) is 17.4 Å². The molecule has 38 heavy (non-hydrogen) atoms.